The van der Waals surface area contributed by atoms with Crippen molar-refractivity contribution in [3.8, 4) is 0 Å². The molecule has 1 amide bonds. The highest BCUT2D eigenvalue weighted by Crippen LogP contribution is 2.22. The maximum Gasteiger partial charge on any atom is 0.225 e. The number of likely N-dealkylation sites (tertiary alicyclic amines) is 1. The number of carbonyl (C=O) groups is 1. The van der Waals surface area contributed by atoms with Crippen LogP contribution in [0.3, 0.4) is 0 Å². The van der Waals surface area contributed by atoms with Crippen molar-refractivity contribution in [2.75, 3.05) is 13.1 Å². The third kappa shape index (κ3) is 6.76. The Morgan fingerprint density at radius 1 is 0.850 bits per heavy atom. The largest absolute Gasteiger partial charge is 0.342 e. The van der Waals surface area contributed by atoms with Crippen molar-refractivity contribution in [1.29, 1.82) is 0 Å². The minimum Gasteiger partial charge on any atom is -0.342 e. The summed E-state index contributed by atoms with van der Waals surface area (Å²) < 4.78 is 0. The van der Waals surface area contributed by atoms with Gasteiger partial charge in [-0.3, -0.25) is 4.79 Å². The molecule has 20 heavy (non-hydrogen) atoms. The first-order valence-corrected chi connectivity index (χ1v) is 9.08. The quantitative estimate of drug-likeness (QED) is 0.479. The Kier molecular flexibility index (Phi) is 9.78. The van der Waals surface area contributed by atoms with Gasteiger partial charge < -0.3 is 4.90 Å². The predicted octanol–water partition coefficient (Wildman–Crippen LogP) is 5.17. The van der Waals surface area contributed by atoms with Crippen LogP contribution < -0.4 is 0 Å². The van der Waals surface area contributed by atoms with E-state index in [1.165, 1.54) is 64.2 Å². The van der Waals surface area contributed by atoms with Gasteiger partial charge in [-0.25, -0.2) is 0 Å². The predicted molar refractivity (Wildman–Crippen MR) is 86.8 cm³/mol. The molecule has 1 saturated heterocycles. The number of carbonyl (C=O) groups excluding carboxylic acids is 1. The van der Waals surface area contributed by atoms with E-state index in [2.05, 4.69) is 18.7 Å². The van der Waals surface area contributed by atoms with E-state index in [0.717, 1.165) is 25.9 Å². The molecule has 0 saturated carbocycles. The Hall–Kier alpha value is -0.530. The molecule has 0 aromatic rings. The fraction of sp³-hybridized carbons (Fsp3) is 0.944. The lowest BCUT2D eigenvalue weighted by molar-refractivity contribution is -0.135. The summed E-state index contributed by atoms with van der Waals surface area (Å²) in [5.74, 6) is 0.789. The molecule has 1 aliphatic heterocycles. The van der Waals surface area contributed by atoms with Gasteiger partial charge in [0.2, 0.25) is 5.91 Å². The average Bonchev–Trinajstić information content (AvgIpc) is 2.99. The SMILES string of the molecule is CCCCCCC(CCCCCC)C(=O)N1CCCC1. The van der Waals surface area contributed by atoms with Gasteiger partial charge in [-0.1, -0.05) is 65.2 Å². The van der Waals surface area contributed by atoms with Gasteiger partial charge in [0.05, 0.1) is 0 Å². The first-order valence-electron chi connectivity index (χ1n) is 9.08. The van der Waals surface area contributed by atoms with Crippen LogP contribution in [0.1, 0.15) is 90.9 Å². The lowest BCUT2D eigenvalue weighted by Gasteiger charge is -2.23. The number of hydrogen-bond acceptors (Lipinski definition) is 1. The Labute approximate surface area is 126 Å². The van der Waals surface area contributed by atoms with Gasteiger partial charge in [0, 0.05) is 19.0 Å². The standard InChI is InChI=1S/C18H35NO/c1-3-5-7-9-13-17(14-10-8-6-4-2)18(20)19-15-11-12-16-19/h17H,3-16H2,1-2H3. The Balaban J connectivity index is 2.33. The summed E-state index contributed by atoms with van der Waals surface area (Å²) in [4.78, 5) is 14.7. The molecule has 0 bridgehead atoms. The monoisotopic (exact) mass is 281 g/mol. The Morgan fingerprint density at radius 2 is 1.35 bits per heavy atom. The van der Waals surface area contributed by atoms with Crippen molar-refractivity contribution >= 4 is 5.91 Å². The van der Waals surface area contributed by atoms with Crippen molar-refractivity contribution in [1.82, 2.24) is 4.90 Å². The van der Waals surface area contributed by atoms with Crippen LogP contribution in [0.2, 0.25) is 0 Å². The molecule has 2 heteroatoms. The van der Waals surface area contributed by atoms with Crippen LogP contribution in [0, 0.1) is 5.92 Å². The van der Waals surface area contributed by atoms with Gasteiger partial charge in [0.15, 0.2) is 0 Å². The fourth-order valence-electron chi connectivity index (χ4n) is 3.22. The van der Waals surface area contributed by atoms with Gasteiger partial charge in [0.25, 0.3) is 0 Å². The molecular weight excluding hydrogens is 246 g/mol. The molecular formula is C18H35NO. The van der Waals surface area contributed by atoms with E-state index in [0.29, 0.717) is 11.8 Å². The maximum atomic E-state index is 12.6. The highest BCUT2D eigenvalue weighted by molar-refractivity contribution is 5.79. The molecule has 0 spiro atoms. The van der Waals surface area contributed by atoms with Gasteiger partial charge in [-0.2, -0.15) is 0 Å². The van der Waals surface area contributed by atoms with Gasteiger partial charge in [-0.15, -0.1) is 0 Å². The molecule has 0 aromatic heterocycles. The van der Waals surface area contributed by atoms with E-state index < -0.39 is 0 Å². The zero-order valence-electron chi connectivity index (χ0n) is 13.8. The highest BCUT2D eigenvalue weighted by atomic mass is 16.2. The van der Waals surface area contributed by atoms with Crippen molar-refractivity contribution < 1.29 is 4.79 Å². The first-order chi connectivity index (χ1) is 9.79. The molecule has 0 atom stereocenters. The second kappa shape index (κ2) is 11.2. The molecule has 118 valence electrons. The minimum absolute atomic E-state index is 0.321. The first kappa shape index (κ1) is 17.5. The number of nitrogens with zero attached hydrogens (tertiary/aromatic N) is 1. The molecule has 0 aromatic carbocycles. The third-order valence-electron chi connectivity index (χ3n) is 4.58. The second-order valence-corrected chi connectivity index (χ2v) is 6.43. The van der Waals surface area contributed by atoms with E-state index in [1.807, 2.05) is 0 Å². The zero-order chi connectivity index (χ0) is 14.6. The summed E-state index contributed by atoms with van der Waals surface area (Å²) in [5, 5.41) is 0. The van der Waals surface area contributed by atoms with Crippen molar-refractivity contribution in [3.63, 3.8) is 0 Å². The van der Waals surface area contributed by atoms with Gasteiger partial charge in [-0.05, 0) is 25.7 Å². The molecule has 1 heterocycles. The van der Waals surface area contributed by atoms with E-state index in [9.17, 15) is 4.79 Å². The molecule has 2 nitrogen and oxygen atoms in total. The topological polar surface area (TPSA) is 20.3 Å². The maximum absolute atomic E-state index is 12.6. The van der Waals surface area contributed by atoms with Crippen molar-refractivity contribution in [3.05, 3.63) is 0 Å². The summed E-state index contributed by atoms with van der Waals surface area (Å²) in [6.07, 6.45) is 15.0. The molecule has 1 aliphatic rings. The zero-order valence-corrected chi connectivity index (χ0v) is 13.8. The summed E-state index contributed by atoms with van der Waals surface area (Å²) in [6.45, 7) is 6.52. The number of amides is 1. The van der Waals surface area contributed by atoms with E-state index in [-0.39, 0.29) is 0 Å². The summed E-state index contributed by atoms with van der Waals surface area (Å²) in [5.41, 5.74) is 0. The minimum atomic E-state index is 0.321. The summed E-state index contributed by atoms with van der Waals surface area (Å²) in [6, 6.07) is 0. The van der Waals surface area contributed by atoms with Crippen LogP contribution in [-0.4, -0.2) is 23.9 Å². The molecule has 1 rings (SSSR count). The Bertz CT molecular complexity index is 234. The van der Waals surface area contributed by atoms with Crippen LogP contribution in [0.15, 0.2) is 0 Å². The normalized spacial score (nSPS) is 15.2. The lowest BCUT2D eigenvalue weighted by Crippen LogP contribution is -2.33. The smallest absolute Gasteiger partial charge is 0.225 e. The van der Waals surface area contributed by atoms with Crippen LogP contribution in [0.5, 0.6) is 0 Å². The summed E-state index contributed by atoms with van der Waals surface area (Å²) >= 11 is 0. The summed E-state index contributed by atoms with van der Waals surface area (Å²) in [7, 11) is 0. The van der Waals surface area contributed by atoms with E-state index >= 15 is 0 Å². The van der Waals surface area contributed by atoms with Crippen LogP contribution in [0.25, 0.3) is 0 Å². The van der Waals surface area contributed by atoms with Gasteiger partial charge in [0.1, 0.15) is 0 Å². The Morgan fingerprint density at radius 3 is 1.80 bits per heavy atom. The third-order valence-corrected chi connectivity index (χ3v) is 4.58. The highest BCUT2D eigenvalue weighted by Gasteiger charge is 2.25. The molecule has 0 radical (unpaired) electrons. The molecule has 0 N–H and O–H groups in total. The molecule has 0 unspecified atom stereocenters. The van der Waals surface area contributed by atoms with Crippen LogP contribution in [0.4, 0.5) is 0 Å². The molecule has 1 fully saturated rings. The number of unbranched alkanes of at least 4 members (excludes halogenated alkanes) is 6. The van der Waals surface area contributed by atoms with Gasteiger partial charge >= 0.3 is 0 Å². The number of rotatable bonds is 11. The van der Waals surface area contributed by atoms with Crippen LogP contribution >= 0.6 is 0 Å². The second-order valence-electron chi connectivity index (χ2n) is 6.43. The molecule has 0 aliphatic carbocycles. The van der Waals surface area contributed by atoms with Crippen molar-refractivity contribution in [2.45, 2.75) is 90.9 Å². The van der Waals surface area contributed by atoms with E-state index in [1.54, 1.807) is 0 Å². The van der Waals surface area contributed by atoms with Crippen molar-refractivity contribution in [2.24, 2.45) is 5.92 Å². The van der Waals surface area contributed by atoms with Crippen LogP contribution in [-0.2, 0) is 4.79 Å². The fourth-order valence-corrected chi connectivity index (χ4v) is 3.22. The average molecular weight is 281 g/mol. The van der Waals surface area contributed by atoms with E-state index in [4.69, 9.17) is 0 Å². The lowest BCUT2D eigenvalue weighted by atomic mass is 9.93. The number of hydrogen-bond donors (Lipinski definition) is 0.